The number of aromatic nitrogens is 2. The van der Waals surface area contributed by atoms with Crippen LogP contribution in [-0.4, -0.2) is 15.9 Å². The first kappa shape index (κ1) is 15.7. The van der Waals surface area contributed by atoms with Crippen molar-refractivity contribution in [3.63, 3.8) is 0 Å². The normalized spacial score (nSPS) is 15.9. The van der Waals surface area contributed by atoms with Crippen molar-refractivity contribution in [1.29, 1.82) is 0 Å². The number of hydrogen-bond donors (Lipinski definition) is 1. The predicted octanol–water partition coefficient (Wildman–Crippen LogP) is 3.09. The van der Waals surface area contributed by atoms with Crippen LogP contribution in [0.15, 0.2) is 28.8 Å². The quantitative estimate of drug-likeness (QED) is 0.878. The summed E-state index contributed by atoms with van der Waals surface area (Å²) < 4.78 is 5.27. The molecule has 112 valence electrons. The third-order valence-electron chi connectivity index (χ3n) is 3.89. The molecule has 0 amide bonds. The van der Waals surface area contributed by atoms with Gasteiger partial charge in [0, 0.05) is 17.5 Å². The number of benzene rings is 1. The van der Waals surface area contributed by atoms with E-state index in [1.54, 1.807) is 12.1 Å². The Morgan fingerprint density at radius 3 is 2.52 bits per heavy atom. The second-order valence-corrected chi connectivity index (χ2v) is 5.29. The highest BCUT2D eigenvalue weighted by Crippen LogP contribution is 2.37. The molecule has 1 aliphatic rings. The highest BCUT2D eigenvalue weighted by Gasteiger charge is 2.39. The topological polar surface area (TPSA) is 82.0 Å². The molecule has 1 aromatic heterocycles. The van der Waals surface area contributed by atoms with Gasteiger partial charge >= 0.3 is 0 Å². The van der Waals surface area contributed by atoms with Crippen LogP contribution in [0.3, 0.4) is 0 Å². The number of nitrogens with zero attached hydrogens (tertiary/aromatic N) is 2. The van der Waals surface area contributed by atoms with Crippen molar-refractivity contribution in [3.05, 3.63) is 35.7 Å². The van der Waals surface area contributed by atoms with Gasteiger partial charge in [-0.2, -0.15) is 4.98 Å². The lowest BCUT2D eigenvalue weighted by Crippen LogP contribution is -2.44. The fraction of sp³-hybridized carbons (Fsp3) is 0.400. The van der Waals surface area contributed by atoms with E-state index in [2.05, 4.69) is 10.1 Å². The Morgan fingerprint density at radius 1 is 1.33 bits per heavy atom. The lowest BCUT2D eigenvalue weighted by Gasteiger charge is -2.34. The average molecular weight is 308 g/mol. The smallest absolute Gasteiger partial charge is 0.257 e. The maximum absolute atomic E-state index is 11.6. The molecular weight excluding hydrogens is 290 g/mol. The van der Waals surface area contributed by atoms with Gasteiger partial charge in [-0.1, -0.05) is 24.2 Å². The van der Waals surface area contributed by atoms with Crippen LogP contribution in [0.2, 0.25) is 0 Å². The van der Waals surface area contributed by atoms with Gasteiger partial charge in [0.25, 0.3) is 5.89 Å². The highest BCUT2D eigenvalue weighted by atomic mass is 35.5. The van der Waals surface area contributed by atoms with Crippen molar-refractivity contribution in [2.45, 2.75) is 38.1 Å². The van der Waals surface area contributed by atoms with Crippen LogP contribution in [0.25, 0.3) is 11.5 Å². The Hall–Kier alpha value is -1.72. The van der Waals surface area contributed by atoms with Crippen LogP contribution in [0, 0.1) is 0 Å². The molecule has 0 unspecified atom stereocenters. The van der Waals surface area contributed by atoms with E-state index in [0.29, 0.717) is 23.7 Å². The zero-order valence-electron chi connectivity index (χ0n) is 11.8. The molecule has 1 saturated carbocycles. The average Bonchev–Trinajstić information content (AvgIpc) is 2.94. The van der Waals surface area contributed by atoms with E-state index in [1.165, 1.54) is 0 Å². The molecule has 1 aromatic carbocycles. The molecule has 0 radical (unpaired) electrons. The first-order valence-electron chi connectivity index (χ1n) is 6.89. The minimum Gasteiger partial charge on any atom is -0.334 e. The first-order valence-corrected chi connectivity index (χ1v) is 6.89. The van der Waals surface area contributed by atoms with E-state index in [1.807, 2.05) is 19.1 Å². The summed E-state index contributed by atoms with van der Waals surface area (Å²) in [7, 11) is 0. The molecule has 5 nitrogen and oxygen atoms in total. The summed E-state index contributed by atoms with van der Waals surface area (Å²) in [5, 5.41) is 3.98. The molecule has 1 fully saturated rings. The Morgan fingerprint density at radius 2 is 2.00 bits per heavy atom. The fourth-order valence-corrected chi connectivity index (χ4v) is 2.33. The van der Waals surface area contributed by atoms with Crippen LogP contribution in [0.5, 0.6) is 0 Å². The molecule has 21 heavy (non-hydrogen) atoms. The molecule has 0 bridgehead atoms. The number of rotatable bonds is 4. The van der Waals surface area contributed by atoms with Crippen molar-refractivity contribution in [2.24, 2.45) is 5.73 Å². The van der Waals surface area contributed by atoms with E-state index in [-0.39, 0.29) is 18.2 Å². The van der Waals surface area contributed by atoms with Gasteiger partial charge in [0.15, 0.2) is 11.6 Å². The number of carbonyl (C=O) groups excluding carboxylic acids is 1. The second-order valence-electron chi connectivity index (χ2n) is 5.29. The lowest BCUT2D eigenvalue weighted by molar-refractivity contribution is 0.0988. The Balaban J connectivity index is 0.00000161. The van der Waals surface area contributed by atoms with Crippen molar-refractivity contribution in [2.75, 3.05) is 0 Å². The molecule has 1 aliphatic carbocycles. The van der Waals surface area contributed by atoms with Crippen LogP contribution in [-0.2, 0) is 5.54 Å². The van der Waals surface area contributed by atoms with E-state index >= 15 is 0 Å². The van der Waals surface area contributed by atoms with Gasteiger partial charge in [0.1, 0.15) is 0 Å². The maximum Gasteiger partial charge on any atom is 0.257 e. The van der Waals surface area contributed by atoms with E-state index < -0.39 is 5.54 Å². The molecule has 2 aromatic rings. The van der Waals surface area contributed by atoms with E-state index in [0.717, 1.165) is 24.8 Å². The van der Waals surface area contributed by atoms with Crippen LogP contribution >= 0.6 is 12.4 Å². The van der Waals surface area contributed by atoms with Crippen LogP contribution < -0.4 is 5.73 Å². The highest BCUT2D eigenvalue weighted by molar-refractivity contribution is 5.96. The molecule has 0 atom stereocenters. The van der Waals surface area contributed by atoms with Gasteiger partial charge in [-0.3, -0.25) is 4.79 Å². The van der Waals surface area contributed by atoms with Crippen molar-refractivity contribution >= 4 is 18.2 Å². The largest absolute Gasteiger partial charge is 0.334 e. The summed E-state index contributed by atoms with van der Waals surface area (Å²) in [5.74, 6) is 1.15. The van der Waals surface area contributed by atoms with Crippen molar-refractivity contribution in [1.82, 2.24) is 10.1 Å². The Bertz CT molecular complexity index is 633. The summed E-state index contributed by atoms with van der Waals surface area (Å²) in [4.78, 5) is 16.0. The number of nitrogens with two attached hydrogens (primary N) is 1. The van der Waals surface area contributed by atoms with Crippen LogP contribution in [0.1, 0.15) is 48.8 Å². The van der Waals surface area contributed by atoms with E-state index in [4.69, 9.17) is 10.3 Å². The molecule has 0 aliphatic heterocycles. The summed E-state index contributed by atoms with van der Waals surface area (Å²) in [6.45, 7) is 1.85. The standard InChI is InChI=1S/C15H17N3O2.ClH/c1-2-12(19)10-4-6-11(7-5-10)13-17-14(18-20-13)15(16)8-3-9-15;/h4-7H,2-3,8-9,16H2,1H3;1H. The summed E-state index contributed by atoms with van der Waals surface area (Å²) in [6.07, 6.45) is 3.40. The second kappa shape index (κ2) is 5.95. The van der Waals surface area contributed by atoms with Gasteiger partial charge in [-0.05, 0) is 31.4 Å². The summed E-state index contributed by atoms with van der Waals surface area (Å²) in [6, 6.07) is 7.22. The third kappa shape index (κ3) is 2.84. The Kier molecular flexibility index (Phi) is 4.44. The number of carbonyl (C=O) groups is 1. The molecule has 1 heterocycles. The summed E-state index contributed by atoms with van der Waals surface area (Å²) >= 11 is 0. The molecule has 3 rings (SSSR count). The van der Waals surface area contributed by atoms with Crippen molar-refractivity contribution < 1.29 is 9.32 Å². The van der Waals surface area contributed by atoms with Gasteiger partial charge < -0.3 is 10.3 Å². The minimum absolute atomic E-state index is 0. The minimum atomic E-state index is -0.417. The molecular formula is C15H18ClN3O2. The SMILES string of the molecule is CCC(=O)c1ccc(-c2nc(C3(N)CCC3)no2)cc1.Cl. The van der Waals surface area contributed by atoms with Crippen LogP contribution in [0.4, 0.5) is 0 Å². The first-order chi connectivity index (χ1) is 9.62. The van der Waals surface area contributed by atoms with Gasteiger partial charge in [-0.25, -0.2) is 0 Å². The lowest BCUT2D eigenvalue weighted by atomic mass is 9.77. The number of Topliss-reactive ketones (excluding diaryl/α,β-unsaturated/α-hetero) is 1. The van der Waals surface area contributed by atoms with E-state index in [9.17, 15) is 4.79 Å². The summed E-state index contributed by atoms with van der Waals surface area (Å²) in [5.41, 5.74) is 7.26. The maximum atomic E-state index is 11.6. The van der Waals surface area contributed by atoms with Crippen molar-refractivity contribution in [3.8, 4) is 11.5 Å². The third-order valence-corrected chi connectivity index (χ3v) is 3.89. The number of halogens is 1. The molecule has 2 N–H and O–H groups in total. The monoisotopic (exact) mass is 307 g/mol. The Labute approximate surface area is 129 Å². The zero-order valence-corrected chi connectivity index (χ0v) is 12.7. The zero-order chi connectivity index (χ0) is 14.2. The van der Waals surface area contributed by atoms with Gasteiger partial charge in [0.2, 0.25) is 0 Å². The number of ketones is 1. The van der Waals surface area contributed by atoms with Gasteiger partial charge in [0.05, 0.1) is 5.54 Å². The van der Waals surface area contributed by atoms with Gasteiger partial charge in [-0.15, -0.1) is 12.4 Å². The fourth-order valence-electron chi connectivity index (χ4n) is 2.33. The predicted molar refractivity (Wildman–Crippen MR) is 81.3 cm³/mol. The number of hydrogen-bond acceptors (Lipinski definition) is 5. The molecule has 0 spiro atoms. The molecule has 6 heteroatoms. The molecule has 0 saturated heterocycles.